The number of halogens is 1. The first-order valence-corrected chi connectivity index (χ1v) is 7.80. The number of phenols is 1. The lowest BCUT2D eigenvalue weighted by Gasteiger charge is -2.00. The molecule has 3 rings (SSSR count). The Balaban J connectivity index is 1.67. The third-order valence-corrected chi connectivity index (χ3v) is 4.34. The number of ketones is 1. The van der Waals surface area contributed by atoms with Crippen molar-refractivity contribution in [3.05, 3.63) is 69.1 Å². The zero-order valence-corrected chi connectivity index (χ0v) is 13.1. The van der Waals surface area contributed by atoms with Gasteiger partial charge in [0.15, 0.2) is 5.78 Å². The molecular formula is C16H12ClN2O2S. The number of thiophene rings is 1. The lowest BCUT2D eigenvalue weighted by Crippen LogP contribution is -2.10. The molecule has 0 aliphatic heterocycles. The minimum Gasteiger partial charge on any atom is -0.508 e. The highest BCUT2D eigenvalue weighted by Crippen LogP contribution is 2.22. The van der Waals surface area contributed by atoms with Crippen LogP contribution in [0.15, 0.2) is 42.5 Å². The number of benzene rings is 1. The second-order valence-corrected chi connectivity index (χ2v) is 6.51. The zero-order valence-electron chi connectivity index (χ0n) is 11.5. The summed E-state index contributed by atoms with van der Waals surface area (Å²) in [5.41, 5.74) is 1.75. The predicted octanol–water partition coefficient (Wildman–Crippen LogP) is 3.58. The Kier molecular flexibility index (Phi) is 4.27. The van der Waals surface area contributed by atoms with E-state index in [0.717, 1.165) is 11.3 Å². The van der Waals surface area contributed by atoms with E-state index < -0.39 is 0 Å². The lowest BCUT2D eigenvalue weighted by atomic mass is 10.1. The molecule has 0 aliphatic carbocycles. The van der Waals surface area contributed by atoms with Crippen molar-refractivity contribution < 1.29 is 9.90 Å². The Morgan fingerprint density at radius 3 is 2.95 bits per heavy atom. The molecule has 0 amide bonds. The van der Waals surface area contributed by atoms with E-state index in [1.54, 1.807) is 36.4 Å². The molecule has 111 valence electrons. The Hall–Kier alpha value is -2.11. The van der Waals surface area contributed by atoms with E-state index in [2.05, 4.69) is 11.3 Å². The average molecular weight is 332 g/mol. The van der Waals surface area contributed by atoms with Gasteiger partial charge < -0.3 is 5.11 Å². The standard InChI is InChI=1S/C16H12ClN2O2S/c17-16-5-4-15(22-16)14(21)10-19-7-6-12(18-19)8-11-2-1-3-13(20)9-11/h1-6,9,20H,8,10H2. The van der Waals surface area contributed by atoms with Crippen LogP contribution in [0.3, 0.4) is 0 Å². The first-order valence-electron chi connectivity index (χ1n) is 6.61. The summed E-state index contributed by atoms with van der Waals surface area (Å²) in [6.45, 7) is 0.136. The second kappa shape index (κ2) is 6.34. The van der Waals surface area contributed by atoms with E-state index in [4.69, 9.17) is 11.6 Å². The number of carbonyl (C=O) groups excluding carboxylic acids is 1. The number of hydrogen-bond acceptors (Lipinski definition) is 4. The number of carbonyl (C=O) groups is 1. The number of aromatic nitrogens is 2. The van der Waals surface area contributed by atoms with Gasteiger partial charge in [0, 0.05) is 6.42 Å². The number of hydrogen-bond donors (Lipinski definition) is 1. The van der Waals surface area contributed by atoms with Gasteiger partial charge in [-0.25, -0.2) is 0 Å². The van der Waals surface area contributed by atoms with Crippen molar-refractivity contribution >= 4 is 28.7 Å². The fraction of sp³-hybridized carbons (Fsp3) is 0.125. The van der Waals surface area contributed by atoms with E-state index >= 15 is 0 Å². The molecule has 0 saturated carbocycles. The normalized spacial score (nSPS) is 10.8. The molecule has 0 spiro atoms. The number of nitrogens with zero attached hydrogens (tertiary/aromatic N) is 2. The molecule has 0 atom stereocenters. The SMILES string of the molecule is O=C(Cn1[c]cc(Cc2cccc(O)c2)n1)c1ccc(Cl)s1. The van der Waals surface area contributed by atoms with Crippen LogP contribution in [0.25, 0.3) is 0 Å². The van der Waals surface area contributed by atoms with Crippen LogP contribution in [-0.2, 0) is 13.0 Å². The van der Waals surface area contributed by atoms with Crippen molar-refractivity contribution in [1.29, 1.82) is 0 Å². The van der Waals surface area contributed by atoms with Gasteiger partial charge in [0.25, 0.3) is 0 Å². The molecule has 0 aliphatic rings. The van der Waals surface area contributed by atoms with Crippen LogP contribution >= 0.6 is 22.9 Å². The van der Waals surface area contributed by atoms with E-state index in [9.17, 15) is 9.90 Å². The average Bonchev–Trinajstić information content (AvgIpc) is 3.08. The Morgan fingerprint density at radius 1 is 1.36 bits per heavy atom. The van der Waals surface area contributed by atoms with E-state index in [0.29, 0.717) is 15.6 Å². The second-order valence-electron chi connectivity index (χ2n) is 4.80. The number of phenolic OH excluding ortho intramolecular Hbond substituents is 1. The molecule has 3 aromatic rings. The highest BCUT2D eigenvalue weighted by atomic mass is 35.5. The summed E-state index contributed by atoms with van der Waals surface area (Å²) >= 11 is 7.09. The van der Waals surface area contributed by atoms with Gasteiger partial charge in [-0.1, -0.05) is 23.7 Å². The third kappa shape index (κ3) is 3.55. The van der Waals surface area contributed by atoms with Crippen molar-refractivity contribution in [2.45, 2.75) is 13.0 Å². The third-order valence-electron chi connectivity index (χ3n) is 3.07. The van der Waals surface area contributed by atoms with Gasteiger partial charge >= 0.3 is 0 Å². The maximum Gasteiger partial charge on any atom is 0.194 e. The maximum atomic E-state index is 12.1. The summed E-state index contributed by atoms with van der Waals surface area (Å²) in [6.07, 6.45) is 3.52. The van der Waals surface area contributed by atoms with Crippen molar-refractivity contribution in [2.75, 3.05) is 0 Å². The Labute approximate surface area is 136 Å². The summed E-state index contributed by atoms with van der Waals surface area (Å²) in [5, 5.41) is 13.8. The molecule has 2 aromatic heterocycles. The molecule has 1 N–H and O–H groups in total. The van der Waals surface area contributed by atoms with Crippen LogP contribution in [0.2, 0.25) is 4.34 Å². The maximum absolute atomic E-state index is 12.1. The highest BCUT2D eigenvalue weighted by molar-refractivity contribution is 7.18. The van der Waals surface area contributed by atoms with Crippen molar-refractivity contribution in [2.24, 2.45) is 0 Å². The minimum atomic E-state index is -0.0415. The molecular weight excluding hydrogens is 320 g/mol. The van der Waals surface area contributed by atoms with Gasteiger partial charge in [-0.15, -0.1) is 11.3 Å². The topological polar surface area (TPSA) is 55.1 Å². The van der Waals surface area contributed by atoms with Crippen LogP contribution in [-0.4, -0.2) is 20.7 Å². The number of Topliss-reactive ketones (excluding diaryl/α,β-unsaturated/α-hetero) is 1. The summed E-state index contributed by atoms with van der Waals surface area (Å²) in [7, 11) is 0. The molecule has 1 aromatic carbocycles. The van der Waals surface area contributed by atoms with E-state index in [1.807, 2.05) is 6.07 Å². The molecule has 6 heteroatoms. The van der Waals surface area contributed by atoms with Crippen LogP contribution < -0.4 is 0 Å². The van der Waals surface area contributed by atoms with Gasteiger partial charge in [-0.2, -0.15) is 5.10 Å². The molecule has 1 radical (unpaired) electrons. The quantitative estimate of drug-likeness (QED) is 0.727. The molecule has 0 saturated heterocycles. The molecule has 22 heavy (non-hydrogen) atoms. The largest absolute Gasteiger partial charge is 0.508 e. The van der Waals surface area contributed by atoms with Crippen LogP contribution in [0.4, 0.5) is 0 Å². The molecule has 4 nitrogen and oxygen atoms in total. The van der Waals surface area contributed by atoms with Crippen molar-refractivity contribution in [3.8, 4) is 5.75 Å². The molecule has 0 bridgehead atoms. The smallest absolute Gasteiger partial charge is 0.194 e. The van der Waals surface area contributed by atoms with Gasteiger partial charge in [0.05, 0.1) is 21.1 Å². The lowest BCUT2D eigenvalue weighted by molar-refractivity contribution is 0.0971. The van der Waals surface area contributed by atoms with Crippen LogP contribution in [0.1, 0.15) is 20.9 Å². The highest BCUT2D eigenvalue weighted by Gasteiger charge is 2.11. The van der Waals surface area contributed by atoms with Crippen LogP contribution in [0, 0.1) is 6.20 Å². The summed E-state index contributed by atoms with van der Waals surface area (Å²) in [5.74, 6) is 0.186. The summed E-state index contributed by atoms with van der Waals surface area (Å²) < 4.78 is 2.09. The van der Waals surface area contributed by atoms with Gasteiger partial charge in [-0.3, -0.25) is 9.48 Å². The zero-order chi connectivity index (χ0) is 15.5. The molecule has 2 heterocycles. The summed E-state index contributed by atoms with van der Waals surface area (Å²) in [4.78, 5) is 12.7. The number of aromatic hydroxyl groups is 1. The van der Waals surface area contributed by atoms with E-state index in [-0.39, 0.29) is 18.1 Å². The predicted molar refractivity (Wildman–Crippen MR) is 85.6 cm³/mol. The Morgan fingerprint density at radius 2 is 2.23 bits per heavy atom. The molecule has 0 unspecified atom stereocenters. The Bertz CT molecular complexity index is 810. The van der Waals surface area contributed by atoms with Gasteiger partial charge in [0.1, 0.15) is 12.3 Å². The first kappa shape index (κ1) is 14.8. The van der Waals surface area contributed by atoms with Gasteiger partial charge in [-0.05, 0) is 35.9 Å². The van der Waals surface area contributed by atoms with E-state index in [1.165, 1.54) is 16.0 Å². The van der Waals surface area contributed by atoms with Crippen LogP contribution in [0.5, 0.6) is 5.75 Å². The summed E-state index contributed by atoms with van der Waals surface area (Å²) in [6, 6.07) is 12.2. The van der Waals surface area contributed by atoms with Crippen molar-refractivity contribution in [1.82, 2.24) is 9.78 Å². The minimum absolute atomic E-state index is 0.0415. The monoisotopic (exact) mass is 331 g/mol. The molecule has 0 fully saturated rings. The number of rotatable bonds is 5. The fourth-order valence-electron chi connectivity index (χ4n) is 2.08. The van der Waals surface area contributed by atoms with Crippen molar-refractivity contribution in [3.63, 3.8) is 0 Å². The fourth-order valence-corrected chi connectivity index (χ4v) is 3.06. The van der Waals surface area contributed by atoms with Gasteiger partial charge in [0.2, 0.25) is 0 Å². The first-order chi connectivity index (χ1) is 10.6.